The van der Waals surface area contributed by atoms with Crippen LogP contribution in [0.5, 0.6) is 0 Å². The summed E-state index contributed by atoms with van der Waals surface area (Å²) in [4.78, 5) is 23.0. The van der Waals surface area contributed by atoms with Crippen molar-refractivity contribution in [3.8, 4) is 0 Å². The lowest BCUT2D eigenvalue weighted by atomic mass is 10.0. The van der Waals surface area contributed by atoms with Crippen LogP contribution in [0.15, 0.2) is 30.6 Å². The van der Waals surface area contributed by atoms with Crippen molar-refractivity contribution in [2.24, 2.45) is 7.05 Å². The molecule has 0 bridgehead atoms. The van der Waals surface area contributed by atoms with Crippen molar-refractivity contribution in [3.05, 3.63) is 41.7 Å². The number of carbonyl (C=O) groups excluding carboxylic acids is 1. The number of hydrogen-bond acceptors (Lipinski definition) is 6. The molecule has 3 aromatic rings. The first kappa shape index (κ1) is 19.6. The maximum Gasteiger partial charge on any atom is 0.251 e. The van der Waals surface area contributed by atoms with Gasteiger partial charge in [-0.15, -0.1) is 0 Å². The zero-order valence-electron chi connectivity index (χ0n) is 16.6. The molecule has 0 aliphatic carbocycles. The molecule has 8 heteroatoms. The van der Waals surface area contributed by atoms with E-state index in [1.165, 1.54) is 0 Å². The SMILES string of the molecule is CCc1cc(C(=O)NCC(C)O)ccc1N(C)c1cc2c(ncn2C)c(N)n1. The Morgan fingerprint density at radius 3 is 2.82 bits per heavy atom. The van der Waals surface area contributed by atoms with Crippen LogP contribution in [0.1, 0.15) is 29.8 Å². The Balaban J connectivity index is 1.94. The van der Waals surface area contributed by atoms with E-state index in [2.05, 4.69) is 15.3 Å². The fraction of sp³-hybridized carbons (Fsp3) is 0.350. The van der Waals surface area contributed by atoms with Crippen molar-refractivity contribution >= 4 is 34.3 Å². The van der Waals surface area contributed by atoms with Crippen molar-refractivity contribution in [3.63, 3.8) is 0 Å². The highest BCUT2D eigenvalue weighted by Gasteiger charge is 2.16. The standard InChI is InChI=1S/C20H26N6O2/c1-5-13-8-14(20(28)22-10-12(2)27)6-7-15(13)26(4)17-9-16-18(19(21)24-17)23-11-25(16)3/h6-9,11-12,27H,5,10H2,1-4H3,(H2,21,24)(H,22,28). The number of aromatic nitrogens is 3. The highest BCUT2D eigenvalue weighted by molar-refractivity contribution is 5.95. The summed E-state index contributed by atoms with van der Waals surface area (Å²) >= 11 is 0. The van der Waals surface area contributed by atoms with E-state index in [4.69, 9.17) is 5.73 Å². The van der Waals surface area contributed by atoms with Gasteiger partial charge in [-0.05, 0) is 37.1 Å². The van der Waals surface area contributed by atoms with Gasteiger partial charge in [0.05, 0.1) is 17.9 Å². The van der Waals surface area contributed by atoms with Crippen LogP contribution in [0.4, 0.5) is 17.3 Å². The molecule has 2 aromatic heterocycles. The molecule has 4 N–H and O–H groups in total. The van der Waals surface area contributed by atoms with E-state index in [1.807, 2.05) is 48.7 Å². The van der Waals surface area contributed by atoms with Gasteiger partial charge in [-0.1, -0.05) is 6.92 Å². The summed E-state index contributed by atoms with van der Waals surface area (Å²) in [5.74, 6) is 0.880. The van der Waals surface area contributed by atoms with Crippen LogP contribution >= 0.6 is 0 Å². The Hall–Kier alpha value is -3.13. The molecule has 0 fully saturated rings. The van der Waals surface area contributed by atoms with E-state index in [0.29, 0.717) is 22.7 Å². The molecule has 1 atom stereocenters. The number of nitrogens with one attached hydrogen (secondary N) is 1. The van der Waals surface area contributed by atoms with Crippen LogP contribution in [-0.2, 0) is 13.5 Å². The summed E-state index contributed by atoms with van der Waals surface area (Å²) in [5, 5.41) is 12.1. The number of aliphatic hydroxyl groups excluding tert-OH is 1. The van der Waals surface area contributed by atoms with Gasteiger partial charge in [-0.2, -0.15) is 0 Å². The third kappa shape index (κ3) is 3.77. The quantitative estimate of drug-likeness (QED) is 0.601. The Morgan fingerprint density at radius 1 is 1.39 bits per heavy atom. The number of rotatable bonds is 6. The fourth-order valence-corrected chi connectivity index (χ4v) is 3.11. The number of anilines is 3. The lowest BCUT2D eigenvalue weighted by Gasteiger charge is -2.22. The minimum Gasteiger partial charge on any atom is -0.392 e. The van der Waals surface area contributed by atoms with Crippen molar-refractivity contribution in [1.29, 1.82) is 0 Å². The van der Waals surface area contributed by atoms with Crippen LogP contribution in [0.3, 0.4) is 0 Å². The number of aryl methyl sites for hydroxylation is 2. The zero-order valence-corrected chi connectivity index (χ0v) is 16.6. The second-order valence-corrected chi connectivity index (χ2v) is 6.90. The van der Waals surface area contributed by atoms with Gasteiger partial charge >= 0.3 is 0 Å². The Kier molecular flexibility index (Phi) is 5.51. The van der Waals surface area contributed by atoms with Gasteiger partial charge in [0.15, 0.2) is 5.82 Å². The second kappa shape index (κ2) is 7.85. The van der Waals surface area contributed by atoms with E-state index in [1.54, 1.807) is 19.3 Å². The molecule has 2 heterocycles. The molecule has 0 spiro atoms. The monoisotopic (exact) mass is 382 g/mol. The highest BCUT2D eigenvalue weighted by Crippen LogP contribution is 2.30. The lowest BCUT2D eigenvalue weighted by molar-refractivity contribution is 0.0924. The molecule has 1 amide bonds. The number of nitrogens with two attached hydrogens (primary N) is 1. The Labute approximate surface area is 164 Å². The van der Waals surface area contributed by atoms with Gasteiger partial charge in [0.25, 0.3) is 5.91 Å². The summed E-state index contributed by atoms with van der Waals surface area (Å²) in [5.41, 5.74) is 10.2. The van der Waals surface area contributed by atoms with Crippen LogP contribution in [-0.4, -0.2) is 45.2 Å². The average Bonchev–Trinajstić information content (AvgIpc) is 3.06. The maximum atomic E-state index is 12.3. The highest BCUT2D eigenvalue weighted by atomic mass is 16.3. The summed E-state index contributed by atoms with van der Waals surface area (Å²) in [6.45, 7) is 3.89. The van der Waals surface area contributed by atoms with E-state index in [-0.39, 0.29) is 12.5 Å². The van der Waals surface area contributed by atoms with Crippen molar-refractivity contribution in [2.45, 2.75) is 26.4 Å². The lowest BCUT2D eigenvalue weighted by Crippen LogP contribution is -2.30. The largest absolute Gasteiger partial charge is 0.392 e. The van der Waals surface area contributed by atoms with Crippen molar-refractivity contribution in [1.82, 2.24) is 19.9 Å². The molecule has 0 saturated carbocycles. The first-order valence-electron chi connectivity index (χ1n) is 9.22. The van der Waals surface area contributed by atoms with Crippen LogP contribution in [0.2, 0.25) is 0 Å². The number of imidazole rings is 1. The Morgan fingerprint density at radius 2 is 2.14 bits per heavy atom. The molecule has 0 aliphatic heterocycles. The van der Waals surface area contributed by atoms with E-state index in [0.717, 1.165) is 23.2 Å². The molecule has 3 rings (SSSR count). The molecule has 8 nitrogen and oxygen atoms in total. The van der Waals surface area contributed by atoms with Gasteiger partial charge in [0.1, 0.15) is 11.3 Å². The number of aliphatic hydroxyl groups is 1. The third-order valence-electron chi connectivity index (χ3n) is 4.71. The predicted molar refractivity (Wildman–Crippen MR) is 111 cm³/mol. The van der Waals surface area contributed by atoms with Crippen molar-refractivity contribution in [2.75, 3.05) is 24.2 Å². The normalized spacial score (nSPS) is 12.2. The number of hydrogen-bond donors (Lipinski definition) is 3. The Bertz CT molecular complexity index is 1010. The van der Waals surface area contributed by atoms with Gasteiger partial charge < -0.3 is 25.6 Å². The average molecular weight is 382 g/mol. The molecular weight excluding hydrogens is 356 g/mol. The van der Waals surface area contributed by atoms with E-state index < -0.39 is 6.10 Å². The first-order valence-corrected chi connectivity index (χ1v) is 9.22. The number of benzene rings is 1. The number of fused-ring (bicyclic) bond motifs is 1. The zero-order chi connectivity index (χ0) is 20.4. The number of nitrogens with zero attached hydrogens (tertiary/aromatic N) is 4. The first-order chi connectivity index (χ1) is 13.3. The topological polar surface area (TPSA) is 109 Å². The number of carbonyl (C=O) groups is 1. The molecule has 0 radical (unpaired) electrons. The number of pyridine rings is 1. The number of nitrogen functional groups attached to an aromatic ring is 1. The van der Waals surface area contributed by atoms with Gasteiger partial charge in [0, 0.05) is 38.0 Å². The number of amides is 1. The molecular formula is C20H26N6O2. The molecule has 0 aliphatic rings. The minimum absolute atomic E-state index is 0.205. The molecule has 0 saturated heterocycles. The van der Waals surface area contributed by atoms with Gasteiger partial charge in [0.2, 0.25) is 0 Å². The summed E-state index contributed by atoms with van der Waals surface area (Å²) in [6.07, 6.45) is 1.88. The van der Waals surface area contributed by atoms with E-state index >= 15 is 0 Å². The molecule has 148 valence electrons. The summed E-state index contributed by atoms with van der Waals surface area (Å²) in [6, 6.07) is 7.49. The smallest absolute Gasteiger partial charge is 0.251 e. The maximum absolute atomic E-state index is 12.3. The molecule has 28 heavy (non-hydrogen) atoms. The van der Waals surface area contributed by atoms with Gasteiger partial charge in [-0.3, -0.25) is 4.79 Å². The third-order valence-corrected chi connectivity index (χ3v) is 4.71. The molecule has 1 aromatic carbocycles. The summed E-state index contributed by atoms with van der Waals surface area (Å²) < 4.78 is 1.90. The predicted octanol–water partition coefficient (Wildman–Crippen LogP) is 1.99. The molecule has 1 unspecified atom stereocenters. The van der Waals surface area contributed by atoms with Crippen LogP contribution < -0.4 is 16.0 Å². The fourth-order valence-electron chi connectivity index (χ4n) is 3.11. The van der Waals surface area contributed by atoms with Crippen molar-refractivity contribution < 1.29 is 9.90 Å². The van der Waals surface area contributed by atoms with Gasteiger partial charge in [-0.25, -0.2) is 9.97 Å². The van der Waals surface area contributed by atoms with Crippen LogP contribution in [0.25, 0.3) is 11.0 Å². The minimum atomic E-state index is -0.585. The van der Waals surface area contributed by atoms with Crippen LogP contribution in [0, 0.1) is 0 Å². The van der Waals surface area contributed by atoms with E-state index in [9.17, 15) is 9.90 Å². The second-order valence-electron chi connectivity index (χ2n) is 6.90. The summed E-state index contributed by atoms with van der Waals surface area (Å²) in [7, 11) is 3.84.